The van der Waals surface area contributed by atoms with Gasteiger partial charge in [-0.05, 0) is 32.1 Å². The third kappa shape index (κ3) is 3.25. The summed E-state index contributed by atoms with van der Waals surface area (Å²) in [6, 6.07) is 2.01. The number of alkyl halides is 1. The van der Waals surface area contributed by atoms with Gasteiger partial charge in [-0.25, -0.2) is 4.98 Å². The van der Waals surface area contributed by atoms with E-state index < -0.39 is 0 Å². The van der Waals surface area contributed by atoms with Gasteiger partial charge in [0.25, 0.3) is 0 Å². The predicted octanol–water partition coefficient (Wildman–Crippen LogP) is 2.90. The minimum Gasteiger partial charge on any atom is -0.327 e. The number of nitrogens with zero attached hydrogens (tertiary/aromatic N) is 4. The second-order valence-corrected chi connectivity index (χ2v) is 4.83. The van der Waals surface area contributed by atoms with E-state index in [2.05, 4.69) is 33.3 Å². The maximum atomic E-state index is 5.99. The largest absolute Gasteiger partial charge is 0.327 e. The summed E-state index contributed by atoms with van der Waals surface area (Å²) >= 11 is 5.99. The first-order valence-corrected chi connectivity index (χ1v) is 7.41. The van der Waals surface area contributed by atoms with Crippen molar-refractivity contribution in [3.8, 4) is 0 Å². The minimum atomic E-state index is 0.444. The first-order valence-electron chi connectivity index (χ1n) is 6.87. The summed E-state index contributed by atoms with van der Waals surface area (Å²) in [6.45, 7) is 8.68. The lowest BCUT2D eigenvalue weighted by Gasteiger charge is -2.18. The van der Waals surface area contributed by atoms with Crippen LogP contribution >= 0.6 is 11.6 Å². The van der Waals surface area contributed by atoms with Gasteiger partial charge in [-0.1, -0.05) is 13.8 Å². The van der Waals surface area contributed by atoms with Crippen molar-refractivity contribution in [2.75, 3.05) is 19.6 Å². The molecule has 0 aliphatic heterocycles. The molecule has 0 saturated heterocycles. The summed E-state index contributed by atoms with van der Waals surface area (Å²) in [6.07, 6.45) is 4.72. The van der Waals surface area contributed by atoms with Gasteiger partial charge in [-0.3, -0.25) is 4.98 Å². The Hall–Kier alpha value is -1.13. The number of halogens is 1. The van der Waals surface area contributed by atoms with Crippen LogP contribution in [0.25, 0.3) is 11.0 Å². The number of pyridine rings is 1. The van der Waals surface area contributed by atoms with Crippen molar-refractivity contribution in [2.45, 2.75) is 32.7 Å². The highest BCUT2D eigenvalue weighted by Crippen LogP contribution is 2.16. The lowest BCUT2D eigenvalue weighted by atomic mass is 10.3. The van der Waals surface area contributed by atoms with Crippen LogP contribution in [0.5, 0.6) is 0 Å². The highest BCUT2D eigenvalue weighted by molar-refractivity contribution is 6.16. The van der Waals surface area contributed by atoms with Crippen LogP contribution in [0, 0.1) is 0 Å². The van der Waals surface area contributed by atoms with Crippen LogP contribution in [0.4, 0.5) is 0 Å². The fourth-order valence-corrected chi connectivity index (χ4v) is 2.58. The second-order valence-electron chi connectivity index (χ2n) is 4.56. The van der Waals surface area contributed by atoms with Crippen LogP contribution in [0.2, 0.25) is 0 Å². The molecule has 5 heteroatoms. The molecule has 0 aliphatic rings. The average molecular weight is 281 g/mol. The average Bonchev–Trinajstić information content (AvgIpc) is 2.82. The van der Waals surface area contributed by atoms with Crippen molar-refractivity contribution >= 4 is 22.6 Å². The number of fused-ring (bicyclic) bond motifs is 1. The van der Waals surface area contributed by atoms with E-state index in [4.69, 9.17) is 11.6 Å². The lowest BCUT2D eigenvalue weighted by Crippen LogP contribution is -2.25. The molecule has 0 saturated carbocycles. The molecular formula is C14H21ClN4. The SMILES string of the molecule is CCN(CC)CCCn1c(CCl)nc2cnccc21. The zero-order chi connectivity index (χ0) is 13.7. The molecule has 0 bridgehead atoms. The molecule has 2 heterocycles. The van der Waals surface area contributed by atoms with Crippen LogP contribution in [-0.4, -0.2) is 39.1 Å². The van der Waals surface area contributed by atoms with E-state index in [0.29, 0.717) is 5.88 Å². The van der Waals surface area contributed by atoms with E-state index in [9.17, 15) is 0 Å². The fourth-order valence-electron chi connectivity index (χ4n) is 2.38. The summed E-state index contributed by atoms with van der Waals surface area (Å²) in [5.74, 6) is 1.38. The highest BCUT2D eigenvalue weighted by Gasteiger charge is 2.09. The summed E-state index contributed by atoms with van der Waals surface area (Å²) in [5.41, 5.74) is 2.06. The van der Waals surface area contributed by atoms with Gasteiger partial charge in [0, 0.05) is 12.7 Å². The van der Waals surface area contributed by atoms with Crippen molar-refractivity contribution in [2.24, 2.45) is 0 Å². The Morgan fingerprint density at radius 3 is 2.79 bits per heavy atom. The van der Waals surface area contributed by atoms with Crippen LogP contribution in [0.3, 0.4) is 0 Å². The fraction of sp³-hybridized carbons (Fsp3) is 0.571. The van der Waals surface area contributed by atoms with Crippen molar-refractivity contribution in [1.29, 1.82) is 0 Å². The van der Waals surface area contributed by atoms with Gasteiger partial charge in [-0.2, -0.15) is 0 Å². The van der Waals surface area contributed by atoms with Gasteiger partial charge in [0.05, 0.1) is 17.6 Å². The number of hydrogen-bond acceptors (Lipinski definition) is 3. The quantitative estimate of drug-likeness (QED) is 0.732. The van der Waals surface area contributed by atoms with Crippen LogP contribution in [0.1, 0.15) is 26.1 Å². The van der Waals surface area contributed by atoms with Gasteiger partial charge >= 0.3 is 0 Å². The number of hydrogen-bond donors (Lipinski definition) is 0. The van der Waals surface area contributed by atoms with Crippen LogP contribution in [-0.2, 0) is 12.4 Å². The van der Waals surface area contributed by atoms with Crippen molar-refractivity contribution in [3.05, 3.63) is 24.3 Å². The van der Waals surface area contributed by atoms with Gasteiger partial charge in [0.2, 0.25) is 0 Å². The Morgan fingerprint density at radius 2 is 2.11 bits per heavy atom. The molecule has 2 rings (SSSR count). The first kappa shape index (κ1) is 14.3. The number of aryl methyl sites for hydroxylation is 1. The molecule has 104 valence electrons. The van der Waals surface area contributed by atoms with Crippen molar-refractivity contribution < 1.29 is 0 Å². The van der Waals surface area contributed by atoms with Gasteiger partial charge in [-0.15, -0.1) is 11.6 Å². The van der Waals surface area contributed by atoms with E-state index in [1.165, 1.54) is 0 Å². The number of imidazole rings is 1. The van der Waals surface area contributed by atoms with Gasteiger partial charge in [0.1, 0.15) is 11.3 Å². The molecule has 0 aliphatic carbocycles. The lowest BCUT2D eigenvalue weighted by molar-refractivity contribution is 0.293. The summed E-state index contributed by atoms with van der Waals surface area (Å²) in [4.78, 5) is 11.1. The third-order valence-corrected chi connectivity index (χ3v) is 3.74. The van der Waals surface area contributed by atoms with Crippen LogP contribution < -0.4 is 0 Å². The molecule has 2 aromatic heterocycles. The van der Waals surface area contributed by atoms with E-state index in [0.717, 1.165) is 49.5 Å². The smallest absolute Gasteiger partial charge is 0.124 e. The first-order chi connectivity index (χ1) is 9.30. The monoisotopic (exact) mass is 280 g/mol. The van der Waals surface area contributed by atoms with Crippen LogP contribution in [0.15, 0.2) is 18.5 Å². The Labute approximate surface area is 119 Å². The molecular weight excluding hydrogens is 260 g/mol. The van der Waals surface area contributed by atoms with E-state index in [-0.39, 0.29) is 0 Å². The summed E-state index contributed by atoms with van der Waals surface area (Å²) < 4.78 is 2.22. The highest BCUT2D eigenvalue weighted by atomic mass is 35.5. The van der Waals surface area contributed by atoms with Gasteiger partial charge < -0.3 is 9.47 Å². The molecule has 2 aromatic rings. The summed E-state index contributed by atoms with van der Waals surface area (Å²) in [7, 11) is 0. The predicted molar refractivity (Wildman–Crippen MR) is 79.5 cm³/mol. The molecule has 0 radical (unpaired) electrons. The van der Waals surface area contributed by atoms with E-state index in [1.807, 2.05) is 12.3 Å². The second kappa shape index (κ2) is 6.87. The maximum absolute atomic E-state index is 5.99. The topological polar surface area (TPSA) is 34.0 Å². The molecule has 0 amide bonds. The minimum absolute atomic E-state index is 0.444. The molecule has 0 atom stereocenters. The Kier molecular flexibility index (Phi) is 5.16. The Balaban J connectivity index is 2.10. The van der Waals surface area contributed by atoms with Gasteiger partial charge in [0.15, 0.2) is 0 Å². The molecule has 0 N–H and O–H groups in total. The van der Waals surface area contributed by atoms with E-state index in [1.54, 1.807) is 6.20 Å². The van der Waals surface area contributed by atoms with Crippen molar-refractivity contribution in [3.63, 3.8) is 0 Å². The Morgan fingerprint density at radius 1 is 1.32 bits per heavy atom. The molecule has 0 fully saturated rings. The molecule has 0 aromatic carbocycles. The standard InChI is InChI=1S/C14H21ClN4/c1-3-18(4-2)8-5-9-19-13-6-7-16-11-12(13)17-14(19)10-15/h6-7,11H,3-5,8-10H2,1-2H3. The molecule has 4 nitrogen and oxygen atoms in total. The van der Waals surface area contributed by atoms with Crippen molar-refractivity contribution in [1.82, 2.24) is 19.4 Å². The number of aromatic nitrogens is 3. The number of rotatable bonds is 7. The zero-order valence-electron chi connectivity index (χ0n) is 11.6. The third-order valence-electron chi connectivity index (χ3n) is 3.50. The Bertz CT molecular complexity index is 519. The molecule has 0 unspecified atom stereocenters. The zero-order valence-corrected chi connectivity index (χ0v) is 12.4. The maximum Gasteiger partial charge on any atom is 0.124 e. The normalized spacial score (nSPS) is 11.6. The summed E-state index contributed by atoms with van der Waals surface area (Å²) in [5, 5.41) is 0. The van der Waals surface area contributed by atoms with E-state index >= 15 is 0 Å². The molecule has 0 spiro atoms. The molecule has 19 heavy (non-hydrogen) atoms.